The van der Waals surface area contributed by atoms with Crippen LogP contribution < -0.4 is 5.32 Å². The number of hydrogen-bond acceptors (Lipinski definition) is 3. The SMILES string of the molecule is Cc1ccc(NC(C(=O)O)c2cc(C)c(O)c(C)c2)cc1. The molecule has 0 aliphatic rings. The van der Waals surface area contributed by atoms with E-state index < -0.39 is 12.0 Å². The van der Waals surface area contributed by atoms with Crippen molar-refractivity contribution < 1.29 is 15.0 Å². The Labute approximate surface area is 124 Å². The second-order valence-corrected chi connectivity index (χ2v) is 5.28. The Bertz CT molecular complexity index is 639. The highest BCUT2D eigenvalue weighted by Crippen LogP contribution is 2.28. The van der Waals surface area contributed by atoms with Crippen LogP contribution in [0.25, 0.3) is 0 Å². The third-order valence-corrected chi connectivity index (χ3v) is 3.46. The van der Waals surface area contributed by atoms with E-state index in [4.69, 9.17) is 0 Å². The number of carboxylic acids is 1. The second kappa shape index (κ2) is 5.87. The number of carbonyl (C=O) groups is 1. The van der Waals surface area contributed by atoms with Crippen LogP contribution in [-0.4, -0.2) is 16.2 Å². The number of anilines is 1. The van der Waals surface area contributed by atoms with Gasteiger partial charge in [-0.2, -0.15) is 0 Å². The van der Waals surface area contributed by atoms with Gasteiger partial charge in [-0.1, -0.05) is 17.7 Å². The van der Waals surface area contributed by atoms with Gasteiger partial charge in [-0.15, -0.1) is 0 Å². The quantitative estimate of drug-likeness (QED) is 0.803. The summed E-state index contributed by atoms with van der Waals surface area (Å²) in [6.45, 7) is 5.50. The highest BCUT2D eigenvalue weighted by molar-refractivity contribution is 5.79. The van der Waals surface area contributed by atoms with E-state index in [1.807, 2.05) is 31.2 Å². The molecule has 2 rings (SSSR count). The van der Waals surface area contributed by atoms with Gasteiger partial charge < -0.3 is 15.5 Å². The first-order valence-electron chi connectivity index (χ1n) is 6.74. The zero-order chi connectivity index (χ0) is 15.6. The summed E-state index contributed by atoms with van der Waals surface area (Å²) in [5.41, 5.74) is 3.82. The lowest BCUT2D eigenvalue weighted by Crippen LogP contribution is -2.20. The zero-order valence-electron chi connectivity index (χ0n) is 12.3. The Kier molecular flexibility index (Phi) is 4.17. The summed E-state index contributed by atoms with van der Waals surface area (Å²) in [4.78, 5) is 11.6. The van der Waals surface area contributed by atoms with Crippen molar-refractivity contribution in [1.82, 2.24) is 0 Å². The zero-order valence-corrected chi connectivity index (χ0v) is 12.3. The molecular formula is C17H19NO3. The van der Waals surface area contributed by atoms with E-state index in [2.05, 4.69) is 5.32 Å². The van der Waals surface area contributed by atoms with Gasteiger partial charge in [-0.05, 0) is 61.7 Å². The largest absolute Gasteiger partial charge is 0.507 e. The summed E-state index contributed by atoms with van der Waals surface area (Å²) in [6.07, 6.45) is 0. The monoisotopic (exact) mass is 285 g/mol. The van der Waals surface area contributed by atoms with E-state index in [1.165, 1.54) is 0 Å². The van der Waals surface area contributed by atoms with Crippen molar-refractivity contribution in [2.45, 2.75) is 26.8 Å². The minimum absolute atomic E-state index is 0.207. The second-order valence-electron chi connectivity index (χ2n) is 5.28. The Balaban J connectivity index is 2.35. The lowest BCUT2D eigenvalue weighted by molar-refractivity contribution is -0.138. The molecule has 2 aromatic carbocycles. The van der Waals surface area contributed by atoms with Crippen molar-refractivity contribution in [2.24, 2.45) is 0 Å². The van der Waals surface area contributed by atoms with Crippen molar-refractivity contribution >= 4 is 11.7 Å². The summed E-state index contributed by atoms with van der Waals surface area (Å²) in [6, 6.07) is 10.1. The Morgan fingerprint density at radius 3 is 2.05 bits per heavy atom. The molecule has 2 aromatic rings. The van der Waals surface area contributed by atoms with E-state index >= 15 is 0 Å². The molecule has 4 heteroatoms. The molecule has 0 heterocycles. The van der Waals surface area contributed by atoms with Gasteiger partial charge in [0.15, 0.2) is 6.04 Å². The molecule has 1 atom stereocenters. The molecule has 3 N–H and O–H groups in total. The van der Waals surface area contributed by atoms with Crippen molar-refractivity contribution in [3.05, 3.63) is 58.7 Å². The van der Waals surface area contributed by atoms with Crippen molar-refractivity contribution in [1.29, 1.82) is 0 Å². The van der Waals surface area contributed by atoms with Crippen LogP contribution >= 0.6 is 0 Å². The molecule has 110 valence electrons. The van der Waals surface area contributed by atoms with Crippen LogP contribution in [0.2, 0.25) is 0 Å². The Morgan fingerprint density at radius 1 is 1.05 bits per heavy atom. The molecular weight excluding hydrogens is 266 g/mol. The predicted molar refractivity (Wildman–Crippen MR) is 82.8 cm³/mol. The van der Waals surface area contributed by atoms with Gasteiger partial charge in [0.2, 0.25) is 0 Å². The van der Waals surface area contributed by atoms with E-state index in [9.17, 15) is 15.0 Å². The summed E-state index contributed by atoms with van der Waals surface area (Å²) in [5, 5.41) is 22.3. The predicted octanol–water partition coefficient (Wildman–Crippen LogP) is 3.56. The number of aliphatic carboxylic acids is 1. The molecule has 0 saturated carbocycles. The number of phenols is 1. The van der Waals surface area contributed by atoms with Gasteiger partial charge in [-0.25, -0.2) is 4.79 Å². The summed E-state index contributed by atoms with van der Waals surface area (Å²) < 4.78 is 0. The summed E-state index contributed by atoms with van der Waals surface area (Å²) >= 11 is 0. The molecule has 0 fully saturated rings. The van der Waals surface area contributed by atoms with Crippen LogP contribution in [0, 0.1) is 20.8 Å². The first-order valence-corrected chi connectivity index (χ1v) is 6.74. The minimum Gasteiger partial charge on any atom is -0.507 e. The smallest absolute Gasteiger partial charge is 0.330 e. The topological polar surface area (TPSA) is 69.6 Å². The molecule has 0 saturated heterocycles. The molecule has 1 unspecified atom stereocenters. The fourth-order valence-electron chi connectivity index (χ4n) is 2.26. The molecule has 4 nitrogen and oxygen atoms in total. The number of hydrogen-bond donors (Lipinski definition) is 3. The summed E-state index contributed by atoms with van der Waals surface area (Å²) in [7, 11) is 0. The maximum atomic E-state index is 11.6. The average molecular weight is 285 g/mol. The molecule has 0 aromatic heterocycles. The average Bonchev–Trinajstić information content (AvgIpc) is 2.43. The first kappa shape index (κ1) is 14.9. The van der Waals surface area contributed by atoms with Crippen LogP contribution in [0.1, 0.15) is 28.3 Å². The third-order valence-electron chi connectivity index (χ3n) is 3.46. The van der Waals surface area contributed by atoms with Crippen molar-refractivity contribution in [3.63, 3.8) is 0 Å². The number of carboxylic acid groups (broad SMARTS) is 1. The Morgan fingerprint density at radius 2 is 1.57 bits per heavy atom. The highest BCUT2D eigenvalue weighted by atomic mass is 16.4. The maximum absolute atomic E-state index is 11.6. The van der Waals surface area contributed by atoms with Crippen LogP contribution in [0.15, 0.2) is 36.4 Å². The van der Waals surface area contributed by atoms with Crippen LogP contribution in [0.3, 0.4) is 0 Å². The van der Waals surface area contributed by atoms with E-state index in [-0.39, 0.29) is 5.75 Å². The molecule has 0 radical (unpaired) electrons. The van der Waals surface area contributed by atoms with Gasteiger partial charge in [0, 0.05) is 5.69 Å². The highest BCUT2D eigenvalue weighted by Gasteiger charge is 2.21. The number of aryl methyl sites for hydroxylation is 3. The lowest BCUT2D eigenvalue weighted by atomic mass is 10.00. The maximum Gasteiger partial charge on any atom is 0.330 e. The molecule has 0 aliphatic heterocycles. The third kappa shape index (κ3) is 3.34. The molecule has 0 bridgehead atoms. The fraction of sp³-hybridized carbons (Fsp3) is 0.235. The van der Waals surface area contributed by atoms with Crippen LogP contribution in [-0.2, 0) is 4.79 Å². The summed E-state index contributed by atoms with van der Waals surface area (Å²) in [5.74, 6) is -0.752. The van der Waals surface area contributed by atoms with Crippen LogP contribution in [0.5, 0.6) is 5.75 Å². The van der Waals surface area contributed by atoms with E-state index in [0.29, 0.717) is 16.7 Å². The van der Waals surface area contributed by atoms with E-state index in [0.717, 1.165) is 11.3 Å². The normalized spacial score (nSPS) is 12.0. The minimum atomic E-state index is -0.958. The van der Waals surface area contributed by atoms with Crippen molar-refractivity contribution in [2.75, 3.05) is 5.32 Å². The van der Waals surface area contributed by atoms with Gasteiger partial charge in [0.1, 0.15) is 5.75 Å². The molecule has 21 heavy (non-hydrogen) atoms. The lowest BCUT2D eigenvalue weighted by Gasteiger charge is -2.18. The number of nitrogens with one attached hydrogen (secondary N) is 1. The molecule has 0 amide bonds. The van der Waals surface area contributed by atoms with Gasteiger partial charge >= 0.3 is 5.97 Å². The first-order chi connectivity index (χ1) is 9.88. The van der Waals surface area contributed by atoms with E-state index in [1.54, 1.807) is 26.0 Å². The molecule has 0 aliphatic carbocycles. The number of aromatic hydroxyl groups is 1. The van der Waals surface area contributed by atoms with Gasteiger partial charge in [0.25, 0.3) is 0 Å². The number of rotatable bonds is 4. The van der Waals surface area contributed by atoms with Gasteiger partial charge in [-0.3, -0.25) is 0 Å². The van der Waals surface area contributed by atoms with Crippen LogP contribution in [0.4, 0.5) is 5.69 Å². The standard InChI is InChI=1S/C17H19NO3/c1-10-4-6-14(7-5-10)18-15(17(20)21)13-8-11(2)16(19)12(3)9-13/h4-9,15,18-19H,1-3H3,(H,20,21). The molecule has 0 spiro atoms. The van der Waals surface area contributed by atoms with Crippen molar-refractivity contribution in [3.8, 4) is 5.75 Å². The number of phenolic OH excluding ortho intramolecular Hbond substituents is 1. The Hall–Kier alpha value is -2.49. The van der Waals surface area contributed by atoms with Gasteiger partial charge in [0.05, 0.1) is 0 Å². The number of benzene rings is 2. The fourth-order valence-corrected chi connectivity index (χ4v) is 2.26.